The Kier molecular flexibility index (Phi) is 3.57. The summed E-state index contributed by atoms with van der Waals surface area (Å²) in [5, 5.41) is 13.6. The molecule has 18 heavy (non-hydrogen) atoms. The smallest absolute Gasteiger partial charge is 0.269 e. The molecule has 1 N–H and O–H groups in total. The highest BCUT2D eigenvalue weighted by molar-refractivity contribution is 5.83. The van der Waals surface area contributed by atoms with Crippen LogP contribution in [0.15, 0.2) is 24.3 Å². The Labute approximate surface area is 105 Å². The predicted molar refractivity (Wildman–Crippen MR) is 66.0 cm³/mol. The first-order chi connectivity index (χ1) is 8.61. The maximum absolute atomic E-state index is 11.9. The zero-order chi connectivity index (χ0) is 13.1. The van der Waals surface area contributed by atoms with Crippen LogP contribution >= 0.6 is 0 Å². The third kappa shape index (κ3) is 2.48. The maximum Gasteiger partial charge on any atom is 0.269 e. The summed E-state index contributed by atoms with van der Waals surface area (Å²) in [4.78, 5) is 23.9. The van der Waals surface area contributed by atoms with Crippen molar-refractivity contribution in [1.82, 2.24) is 10.2 Å². The monoisotopic (exact) mass is 249 g/mol. The zero-order valence-corrected chi connectivity index (χ0v) is 10.1. The highest BCUT2D eigenvalue weighted by Gasteiger charge is 2.30. The molecule has 0 radical (unpaired) electrons. The van der Waals surface area contributed by atoms with Crippen molar-refractivity contribution in [3.05, 3.63) is 39.9 Å². The SMILES string of the molecule is CNC1CCN(Cc2cccc([N+](=O)[O-])c2)C1=O. The molecule has 1 fully saturated rings. The van der Waals surface area contributed by atoms with Gasteiger partial charge in [-0.2, -0.15) is 0 Å². The van der Waals surface area contributed by atoms with Crippen LogP contribution in [0.25, 0.3) is 0 Å². The van der Waals surface area contributed by atoms with E-state index in [4.69, 9.17) is 0 Å². The zero-order valence-electron chi connectivity index (χ0n) is 10.1. The summed E-state index contributed by atoms with van der Waals surface area (Å²) >= 11 is 0. The van der Waals surface area contributed by atoms with Gasteiger partial charge in [-0.15, -0.1) is 0 Å². The molecule has 0 bridgehead atoms. The van der Waals surface area contributed by atoms with Gasteiger partial charge in [0, 0.05) is 25.2 Å². The van der Waals surface area contributed by atoms with E-state index >= 15 is 0 Å². The molecule has 0 aliphatic carbocycles. The van der Waals surface area contributed by atoms with Gasteiger partial charge in [-0.25, -0.2) is 0 Å². The van der Waals surface area contributed by atoms with Gasteiger partial charge in [0.05, 0.1) is 11.0 Å². The molecule has 1 aliphatic rings. The van der Waals surface area contributed by atoms with E-state index in [-0.39, 0.29) is 17.6 Å². The lowest BCUT2D eigenvalue weighted by molar-refractivity contribution is -0.384. The Morgan fingerprint density at radius 3 is 2.94 bits per heavy atom. The molecule has 2 rings (SSSR count). The van der Waals surface area contributed by atoms with Crippen LogP contribution in [0.5, 0.6) is 0 Å². The average molecular weight is 249 g/mol. The lowest BCUT2D eigenvalue weighted by atomic mass is 10.2. The number of likely N-dealkylation sites (tertiary alicyclic amines) is 1. The second-order valence-electron chi connectivity index (χ2n) is 4.32. The Balaban J connectivity index is 2.08. The molecule has 0 spiro atoms. The molecule has 1 aliphatic heterocycles. The number of benzene rings is 1. The highest BCUT2D eigenvalue weighted by atomic mass is 16.6. The number of hydrogen-bond donors (Lipinski definition) is 1. The maximum atomic E-state index is 11.9. The fraction of sp³-hybridized carbons (Fsp3) is 0.417. The van der Waals surface area contributed by atoms with E-state index in [1.807, 2.05) is 0 Å². The van der Waals surface area contributed by atoms with Crippen molar-refractivity contribution in [1.29, 1.82) is 0 Å². The Bertz CT molecular complexity index is 475. The number of nitrogens with zero attached hydrogens (tertiary/aromatic N) is 2. The van der Waals surface area contributed by atoms with Crippen molar-refractivity contribution in [2.24, 2.45) is 0 Å². The van der Waals surface area contributed by atoms with Crippen molar-refractivity contribution in [3.63, 3.8) is 0 Å². The highest BCUT2D eigenvalue weighted by Crippen LogP contribution is 2.18. The lowest BCUT2D eigenvalue weighted by Crippen LogP contribution is -2.35. The third-order valence-electron chi connectivity index (χ3n) is 3.14. The van der Waals surface area contributed by atoms with Gasteiger partial charge in [-0.3, -0.25) is 14.9 Å². The van der Waals surface area contributed by atoms with Crippen molar-refractivity contribution >= 4 is 11.6 Å². The fourth-order valence-corrected chi connectivity index (χ4v) is 2.15. The minimum Gasteiger partial charge on any atom is -0.337 e. The van der Waals surface area contributed by atoms with Crippen molar-refractivity contribution in [2.75, 3.05) is 13.6 Å². The van der Waals surface area contributed by atoms with Gasteiger partial charge < -0.3 is 10.2 Å². The summed E-state index contributed by atoms with van der Waals surface area (Å²) < 4.78 is 0. The van der Waals surface area contributed by atoms with E-state index in [1.165, 1.54) is 12.1 Å². The molecule has 1 amide bonds. The van der Waals surface area contributed by atoms with Gasteiger partial charge in [0.15, 0.2) is 0 Å². The van der Waals surface area contributed by atoms with Crippen LogP contribution in [-0.2, 0) is 11.3 Å². The first-order valence-corrected chi connectivity index (χ1v) is 5.81. The largest absolute Gasteiger partial charge is 0.337 e. The molecule has 1 unspecified atom stereocenters. The molecule has 1 saturated heterocycles. The van der Waals surface area contributed by atoms with Gasteiger partial charge in [0.2, 0.25) is 5.91 Å². The van der Waals surface area contributed by atoms with Crippen LogP contribution in [-0.4, -0.2) is 35.4 Å². The number of hydrogen-bond acceptors (Lipinski definition) is 4. The van der Waals surface area contributed by atoms with E-state index in [1.54, 1.807) is 24.1 Å². The van der Waals surface area contributed by atoms with E-state index in [0.29, 0.717) is 13.1 Å². The van der Waals surface area contributed by atoms with Crippen molar-refractivity contribution in [3.8, 4) is 0 Å². The second-order valence-corrected chi connectivity index (χ2v) is 4.32. The number of likely N-dealkylation sites (N-methyl/N-ethyl adjacent to an activating group) is 1. The van der Waals surface area contributed by atoms with Crippen LogP contribution in [0.3, 0.4) is 0 Å². The average Bonchev–Trinajstić information content (AvgIpc) is 2.71. The standard InChI is InChI=1S/C12H15N3O3/c1-13-11-5-6-14(12(11)16)8-9-3-2-4-10(7-9)15(17)18/h2-4,7,11,13H,5-6,8H2,1H3. The fourth-order valence-electron chi connectivity index (χ4n) is 2.15. The molecule has 1 aromatic rings. The molecule has 0 aromatic heterocycles. The third-order valence-corrected chi connectivity index (χ3v) is 3.14. The quantitative estimate of drug-likeness (QED) is 0.636. The minimum absolute atomic E-state index is 0.0593. The summed E-state index contributed by atoms with van der Waals surface area (Å²) in [6.45, 7) is 1.12. The molecule has 1 atom stereocenters. The van der Waals surface area contributed by atoms with Crippen molar-refractivity contribution in [2.45, 2.75) is 19.0 Å². The molecule has 6 nitrogen and oxygen atoms in total. The van der Waals surface area contributed by atoms with Crippen LogP contribution in [0.2, 0.25) is 0 Å². The van der Waals surface area contributed by atoms with Crippen LogP contribution in [0.4, 0.5) is 5.69 Å². The molecule has 6 heteroatoms. The van der Waals surface area contributed by atoms with E-state index in [2.05, 4.69) is 5.32 Å². The molecule has 96 valence electrons. The summed E-state index contributed by atoms with van der Waals surface area (Å²) in [6.07, 6.45) is 0.782. The van der Waals surface area contributed by atoms with Crippen molar-refractivity contribution < 1.29 is 9.72 Å². The molecule has 1 aromatic carbocycles. The molecule has 0 saturated carbocycles. The minimum atomic E-state index is -0.425. The Hall–Kier alpha value is -1.95. The predicted octanol–water partition coefficient (Wildman–Crippen LogP) is 0.915. The number of non-ortho nitro benzene ring substituents is 1. The van der Waals surface area contributed by atoms with Gasteiger partial charge in [0.1, 0.15) is 0 Å². The van der Waals surface area contributed by atoms with Gasteiger partial charge in [-0.1, -0.05) is 12.1 Å². The van der Waals surface area contributed by atoms with Crippen LogP contribution in [0, 0.1) is 10.1 Å². The summed E-state index contributed by atoms with van der Waals surface area (Å²) in [5.74, 6) is 0.0593. The normalized spacial score (nSPS) is 19.3. The Morgan fingerprint density at radius 2 is 2.33 bits per heavy atom. The number of nitro benzene ring substituents is 1. The first kappa shape index (κ1) is 12.5. The first-order valence-electron chi connectivity index (χ1n) is 5.81. The molecular weight excluding hydrogens is 234 g/mol. The Morgan fingerprint density at radius 1 is 1.56 bits per heavy atom. The van der Waals surface area contributed by atoms with Gasteiger partial charge in [0.25, 0.3) is 5.69 Å². The van der Waals surface area contributed by atoms with Gasteiger partial charge in [-0.05, 0) is 19.0 Å². The van der Waals surface area contributed by atoms with Gasteiger partial charge >= 0.3 is 0 Å². The summed E-state index contributed by atoms with van der Waals surface area (Å²) in [5.41, 5.74) is 0.846. The van der Waals surface area contributed by atoms with E-state index in [0.717, 1.165) is 12.0 Å². The van der Waals surface area contributed by atoms with E-state index in [9.17, 15) is 14.9 Å². The number of rotatable bonds is 4. The number of carbonyl (C=O) groups excluding carboxylic acids is 1. The van der Waals surface area contributed by atoms with Crippen LogP contribution in [0.1, 0.15) is 12.0 Å². The second kappa shape index (κ2) is 5.14. The summed E-state index contributed by atoms with van der Waals surface area (Å²) in [7, 11) is 1.76. The molecule has 1 heterocycles. The number of nitro groups is 1. The topological polar surface area (TPSA) is 75.5 Å². The number of amides is 1. The molecular formula is C12H15N3O3. The van der Waals surface area contributed by atoms with Crippen LogP contribution < -0.4 is 5.32 Å². The number of nitrogens with one attached hydrogen (secondary N) is 1. The van der Waals surface area contributed by atoms with E-state index < -0.39 is 4.92 Å². The lowest BCUT2D eigenvalue weighted by Gasteiger charge is -2.16. The summed E-state index contributed by atoms with van der Waals surface area (Å²) in [6, 6.07) is 6.28. The number of carbonyl (C=O) groups is 1.